The largest absolute Gasteiger partial charge is 0.483 e. The van der Waals surface area contributed by atoms with Gasteiger partial charge in [-0.1, -0.05) is 10.3 Å². The molecule has 0 radical (unpaired) electrons. The van der Waals surface area contributed by atoms with Crippen molar-refractivity contribution in [2.75, 3.05) is 32.7 Å². The number of nitrogens with zero attached hydrogens (tertiary/aromatic N) is 4. The van der Waals surface area contributed by atoms with Gasteiger partial charge < -0.3 is 14.7 Å². The molecule has 1 unspecified atom stereocenters. The molecule has 1 spiro atoms. The van der Waals surface area contributed by atoms with Gasteiger partial charge in [0, 0.05) is 26.1 Å². The quantitative estimate of drug-likeness (QED) is 0.564. The first-order valence-electron chi connectivity index (χ1n) is 10.0. The van der Waals surface area contributed by atoms with E-state index >= 15 is 0 Å². The molecule has 3 saturated heterocycles. The van der Waals surface area contributed by atoms with Crippen LogP contribution in [0.5, 0.6) is 0 Å². The summed E-state index contributed by atoms with van der Waals surface area (Å²) in [5.41, 5.74) is 0.837. The number of aryl methyl sites for hydroxylation is 1. The number of piperidine rings is 1. The van der Waals surface area contributed by atoms with Crippen molar-refractivity contribution in [2.24, 2.45) is 5.41 Å². The molecule has 0 aliphatic carbocycles. The minimum absolute atomic E-state index is 0.00621. The van der Waals surface area contributed by atoms with Crippen LogP contribution in [-0.4, -0.2) is 82.4 Å². The first kappa shape index (κ1) is 21.2. The smallest absolute Gasteiger partial charge is 0.312 e. The predicted molar refractivity (Wildman–Crippen MR) is 99.8 cm³/mol. The first-order chi connectivity index (χ1) is 14.0. The molecule has 4 heterocycles. The predicted octanol–water partition coefficient (Wildman–Crippen LogP) is 0.641. The number of aromatic nitrogens is 2. The van der Waals surface area contributed by atoms with Gasteiger partial charge in [-0.05, 0) is 45.7 Å². The molecule has 0 aromatic carbocycles. The van der Waals surface area contributed by atoms with E-state index in [2.05, 4.69) is 19.8 Å². The third-order valence-corrected chi connectivity index (χ3v) is 6.12. The molecule has 0 saturated carbocycles. The van der Waals surface area contributed by atoms with Crippen LogP contribution in [0.2, 0.25) is 0 Å². The normalized spacial score (nSPS) is 23.6. The summed E-state index contributed by atoms with van der Waals surface area (Å²) in [5, 5.41) is 14.4. The van der Waals surface area contributed by atoms with Crippen molar-refractivity contribution in [2.45, 2.75) is 51.6 Å². The van der Waals surface area contributed by atoms with Crippen LogP contribution < -0.4 is 0 Å². The SMILES string of the molecule is Cc1nonc1CC(=O)N1CCC2(CC1)CC(CN1CCCC1)OC2=O.O=CO. The van der Waals surface area contributed by atoms with Crippen LogP contribution in [-0.2, 0) is 25.5 Å². The lowest BCUT2D eigenvalue weighted by atomic mass is 9.76. The van der Waals surface area contributed by atoms with Gasteiger partial charge in [0.05, 0.1) is 11.8 Å². The number of esters is 1. The zero-order valence-electron chi connectivity index (χ0n) is 16.7. The average Bonchev–Trinajstić information content (AvgIpc) is 3.40. The zero-order valence-corrected chi connectivity index (χ0v) is 16.7. The van der Waals surface area contributed by atoms with Crippen molar-refractivity contribution < 1.29 is 28.9 Å². The standard InChI is InChI=1S/C18H26N4O4.CH2O2/c1-13-15(20-26-19-13)10-16(23)22-8-4-18(5-9-22)11-14(25-17(18)24)12-21-6-2-3-7-21;2-1-3/h14H,2-12H2,1H3;1H,(H,2,3). The number of hydrogen-bond donors (Lipinski definition) is 1. The van der Waals surface area contributed by atoms with E-state index in [-0.39, 0.29) is 30.9 Å². The van der Waals surface area contributed by atoms with Crippen molar-refractivity contribution in [3.8, 4) is 0 Å². The first-order valence-corrected chi connectivity index (χ1v) is 10.0. The third kappa shape index (κ3) is 4.92. The van der Waals surface area contributed by atoms with E-state index < -0.39 is 5.41 Å². The molecule has 160 valence electrons. The maximum Gasteiger partial charge on any atom is 0.312 e. The Morgan fingerprint density at radius 3 is 2.48 bits per heavy atom. The molecule has 10 nitrogen and oxygen atoms in total. The van der Waals surface area contributed by atoms with Gasteiger partial charge >= 0.3 is 5.97 Å². The number of ether oxygens (including phenoxy) is 1. The lowest BCUT2D eigenvalue weighted by molar-refractivity contribution is -0.152. The molecule has 1 atom stereocenters. The highest BCUT2D eigenvalue weighted by atomic mass is 16.6. The Morgan fingerprint density at radius 2 is 1.90 bits per heavy atom. The van der Waals surface area contributed by atoms with Gasteiger partial charge in [-0.25, -0.2) is 4.63 Å². The van der Waals surface area contributed by atoms with Crippen molar-refractivity contribution in [3.05, 3.63) is 11.4 Å². The summed E-state index contributed by atoms with van der Waals surface area (Å²) in [6.07, 6.45) is 4.84. The number of likely N-dealkylation sites (tertiary alicyclic amines) is 2. The Kier molecular flexibility index (Phi) is 6.83. The molecule has 4 rings (SSSR count). The van der Waals surface area contributed by atoms with Crippen molar-refractivity contribution >= 4 is 18.3 Å². The molecule has 3 fully saturated rings. The number of carbonyl (C=O) groups is 3. The van der Waals surface area contributed by atoms with Crippen LogP contribution >= 0.6 is 0 Å². The molecule has 1 aromatic heterocycles. The lowest BCUT2D eigenvalue weighted by Crippen LogP contribution is -2.45. The van der Waals surface area contributed by atoms with Crippen LogP contribution in [0.15, 0.2) is 4.63 Å². The van der Waals surface area contributed by atoms with Crippen LogP contribution in [0.3, 0.4) is 0 Å². The molecule has 1 amide bonds. The Balaban J connectivity index is 0.000000755. The maximum atomic E-state index is 12.5. The molecule has 0 bridgehead atoms. The van der Waals surface area contributed by atoms with E-state index in [1.165, 1.54) is 12.8 Å². The summed E-state index contributed by atoms with van der Waals surface area (Å²) in [5.74, 6) is -0.0519. The van der Waals surface area contributed by atoms with Gasteiger partial charge in [0.25, 0.3) is 6.47 Å². The van der Waals surface area contributed by atoms with Crippen LogP contribution in [0.25, 0.3) is 0 Å². The highest BCUT2D eigenvalue weighted by molar-refractivity contribution is 5.81. The molecule has 1 N–H and O–H groups in total. The topological polar surface area (TPSA) is 126 Å². The molecular weight excluding hydrogens is 380 g/mol. The molecular formula is C19H28N4O6. The monoisotopic (exact) mass is 408 g/mol. The van der Waals surface area contributed by atoms with E-state index in [9.17, 15) is 9.59 Å². The molecule has 3 aliphatic heterocycles. The number of carboxylic acid groups (broad SMARTS) is 1. The van der Waals surface area contributed by atoms with Gasteiger partial charge in [0.15, 0.2) is 0 Å². The summed E-state index contributed by atoms with van der Waals surface area (Å²) in [4.78, 5) is 37.6. The second-order valence-corrected chi connectivity index (χ2v) is 7.98. The summed E-state index contributed by atoms with van der Waals surface area (Å²) in [6.45, 7) is 5.79. The summed E-state index contributed by atoms with van der Waals surface area (Å²) in [7, 11) is 0. The summed E-state index contributed by atoms with van der Waals surface area (Å²) < 4.78 is 10.4. The van der Waals surface area contributed by atoms with Gasteiger partial charge in [-0.15, -0.1) is 0 Å². The Hall–Kier alpha value is -2.49. The van der Waals surface area contributed by atoms with E-state index in [1.54, 1.807) is 6.92 Å². The Morgan fingerprint density at radius 1 is 1.24 bits per heavy atom. The Labute approximate surface area is 169 Å². The third-order valence-electron chi connectivity index (χ3n) is 6.12. The highest BCUT2D eigenvalue weighted by Gasteiger charge is 2.51. The van der Waals surface area contributed by atoms with E-state index in [0.29, 0.717) is 37.3 Å². The van der Waals surface area contributed by atoms with E-state index in [4.69, 9.17) is 14.6 Å². The molecule has 1 aromatic rings. The van der Waals surface area contributed by atoms with Gasteiger partial charge in [0.1, 0.15) is 17.5 Å². The minimum atomic E-state index is -0.396. The fourth-order valence-corrected chi connectivity index (χ4v) is 4.45. The van der Waals surface area contributed by atoms with E-state index in [0.717, 1.165) is 26.1 Å². The fraction of sp³-hybridized carbons (Fsp3) is 0.737. The molecule has 3 aliphatic rings. The number of amides is 1. The summed E-state index contributed by atoms with van der Waals surface area (Å²) in [6, 6.07) is 0. The van der Waals surface area contributed by atoms with E-state index in [1.807, 2.05) is 4.90 Å². The fourth-order valence-electron chi connectivity index (χ4n) is 4.45. The number of rotatable bonds is 4. The molecule has 29 heavy (non-hydrogen) atoms. The number of cyclic esters (lactones) is 1. The second kappa shape index (κ2) is 9.34. The minimum Gasteiger partial charge on any atom is -0.483 e. The van der Waals surface area contributed by atoms with Crippen molar-refractivity contribution in [1.82, 2.24) is 20.1 Å². The lowest BCUT2D eigenvalue weighted by Gasteiger charge is -2.36. The highest BCUT2D eigenvalue weighted by Crippen LogP contribution is 2.43. The second-order valence-electron chi connectivity index (χ2n) is 7.98. The summed E-state index contributed by atoms with van der Waals surface area (Å²) >= 11 is 0. The number of hydrogen-bond acceptors (Lipinski definition) is 8. The zero-order chi connectivity index (χ0) is 20.9. The van der Waals surface area contributed by atoms with Crippen LogP contribution in [0.1, 0.15) is 43.5 Å². The van der Waals surface area contributed by atoms with Gasteiger partial charge in [-0.3, -0.25) is 19.3 Å². The number of carbonyl (C=O) groups excluding carboxylic acids is 2. The average molecular weight is 408 g/mol. The van der Waals surface area contributed by atoms with Crippen LogP contribution in [0.4, 0.5) is 0 Å². The maximum absolute atomic E-state index is 12.5. The van der Waals surface area contributed by atoms with Crippen LogP contribution in [0, 0.1) is 12.3 Å². The Bertz CT molecular complexity index is 722. The van der Waals surface area contributed by atoms with Crippen molar-refractivity contribution in [1.29, 1.82) is 0 Å². The molecule has 10 heteroatoms. The van der Waals surface area contributed by atoms with Crippen molar-refractivity contribution in [3.63, 3.8) is 0 Å². The van der Waals surface area contributed by atoms with Gasteiger partial charge in [-0.2, -0.15) is 0 Å². The van der Waals surface area contributed by atoms with Gasteiger partial charge in [0.2, 0.25) is 5.91 Å².